The van der Waals surface area contributed by atoms with Gasteiger partial charge in [0.15, 0.2) is 17.3 Å². The Bertz CT molecular complexity index is 1720. The molecule has 2 aliphatic heterocycles. The first kappa shape index (κ1) is 28.6. The Labute approximate surface area is 246 Å². The Hall–Kier alpha value is -4.55. The van der Waals surface area contributed by atoms with Crippen LogP contribution in [0.1, 0.15) is 60.8 Å². The molecule has 0 spiro atoms. The Morgan fingerprint density at radius 3 is 2.63 bits per heavy atom. The first-order valence-electron chi connectivity index (χ1n) is 14.5. The lowest BCUT2D eigenvalue weighted by molar-refractivity contribution is -0.128. The normalized spacial score (nSPS) is 19.2. The second-order valence-electron chi connectivity index (χ2n) is 11.5. The summed E-state index contributed by atoms with van der Waals surface area (Å²) in [5.74, 6) is -1.69. The molecule has 2 aliphatic rings. The van der Waals surface area contributed by atoms with Gasteiger partial charge in [-0.05, 0) is 49.4 Å². The number of hydrogen-bond donors (Lipinski definition) is 2. The molecule has 0 unspecified atom stereocenters. The third kappa shape index (κ3) is 5.51. The van der Waals surface area contributed by atoms with Crippen LogP contribution >= 0.6 is 0 Å². The summed E-state index contributed by atoms with van der Waals surface area (Å²) in [4.78, 5) is 53.6. The van der Waals surface area contributed by atoms with Crippen molar-refractivity contribution in [3.63, 3.8) is 0 Å². The fourth-order valence-electron chi connectivity index (χ4n) is 6.29. The summed E-state index contributed by atoms with van der Waals surface area (Å²) in [7, 11) is 3.34. The number of pyridine rings is 1. The molecule has 6 rings (SSSR count). The van der Waals surface area contributed by atoms with Gasteiger partial charge in [0.05, 0.1) is 18.0 Å². The van der Waals surface area contributed by atoms with E-state index in [0.29, 0.717) is 62.5 Å². The highest BCUT2D eigenvalue weighted by Gasteiger charge is 2.33. The molecule has 11 nitrogen and oxygen atoms in total. The van der Waals surface area contributed by atoms with Crippen molar-refractivity contribution in [2.75, 3.05) is 27.2 Å². The zero-order valence-electron chi connectivity index (χ0n) is 24.1. The molecule has 1 fully saturated rings. The van der Waals surface area contributed by atoms with E-state index in [-0.39, 0.29) is 41.6 Å². The molecule has 2 N–H and O–H groups in total. The zero-order chi connectivity index (χ0) is 30.2. The maximum Gasteiger partial charge on any atom is 0.327 e. The molecule has 13 heteroatoms. The Kier molecular flexibility index (Phi) is 7.72. The van der Waals surface area contributed by atoms with E-state index in [9.17, 15) is 23.2 Å². The monoisotopic (exact) mass is 592 g/mol. The average Bonchev–Trinajstić information content (AvgIpc) is 3.49. The number of nitrogens with zero attached hydrogens (tertiary/aromatic N) is 6. The van der Waals surface area contributed by atoms with Gasteiger partial charge in [0.25, 0.3) is 0 Å². The summed E-state index contributed by atoms with van der Waals surface area (Å²) in [6.45, 7) is 1.21. The number of H-pyrrole nitrogens is 1. The van der Waals surface area contributed by atoms with Crippen LogP contribution < -0.4 is 11.0 Å². The van der Waals surface area contributed by atoms with Crippen molar-refractivity contribution in [3.05, 3.63) is 81.9 Å². The summed E-state index contributed by atoms with van der Waals surface area (Å²) in [5.41, 5.74) is 1.99. The quantitative estimate of drug-likeness (QED) is 0.368. The van der Waals surface area contributed by atoms with Gasteiger partial charge >= 0.3 is 11.7 Å². The number of amides is 3. The number of hydrogen-bond acceptors (Lipinski definition) is 5. The van der Waals surface area contributed by atoms with Crippen molar-refractivity contribution in [1.82, 2.24) is 39.2 Å². The fourth-order valence-corrected chi connectivity index (χ4v) is 6.29. The molecule has 3 aromatic heterocycles. The molecule has 226 valence electrons. The van der Waals surface area contributed by atoms with Gasteiger partial charge in [-0.25, -0.2) is 28.3 Å². The highest BCUT2D eigenvalue weighted by Crippen LogP contribution is 2.35. The molecule has 5 heterocycles. The van der Waals surface area contributed by atoms with Crippen molar-refractivity contribution in [3.8, 4) is 0 Å². The first-order valence-corrected chi connectivity index (χ1v) is 14.5. The number of rotatable bonds is 5. The van der Waals surface area contributed by atoms with E-state index in [1.807, 2.05) is 10.6 Å². The van der Waals surface area contributed by atoms with E-state index in [1.165, 1.54) is 11.0 Å². The number of nitrogens with one attached hydrogen (secondary N) is 2. The topological polar surface area (TPSA) is 121 Å². The van der Waals surface area contributed by atoms with Crippen molar-refractivity contribution in [1.29, 1.82) is 0 Å². The van der Waals surface area contributed by atoms with Crippen LogP contribution in [-0.2, 0) is 17.8 Å². The van der Waals surface area contributed by atoms with Gasteiger partial charge in [-0.3, -0.25) is 14.3 Å². The third-order valence-corrected chi connectivity index (χ3v) is 8.64. The van der Waals surface area contributed by atoms with Crippen molar-refractivity contribution in [2.24, 2.45) is 0 Å². The van der Waals surface area contributed by atoms with Crippen LogP contribution in [-0.4, -0.2) is 73.0 Å². The number of carbonyl (C=O) groups excluding carboxylic acids is 2. The summed E-state index contributed by atoms with van der Waals surface area (Å²) < 4.78 is 32.6. The Morgan fingerprint density at radius 1 is 1.07 bits per heavy atom. The van der Waals surface area contributed by atoms with Crippen molar-refractivity contribution < 1.29 is 18.4 Å². The summed E-state index contributed by atoms with van der Waals surface area (Å²) in [6.07, 6.45) is 5.50. The Morgan fingerprint density at radius 2 is 1.86 bits per heavy atom. The molecule has 2 atom stereocenters. The molecule has 4 aromatic rings. The van der Waals surface area contributed by atoms with Crippen LogP contribution in [0.2, 0.25) is 0 Å². The predicted octanol–water partition coefficient (Wildman–Crippen LogP) is 3.50. The largest absolute Gasteiger partial charge is 0.348 e. The first-order chi connectivity index (χ1) is 20.7. The van der Waals surface area contributed by atoms with Crippen molar-refractivity contribution >= 4 is 23.1 Å². The number of fused-ring (bicyclic) bond motifs is 2. The molecular weight excluding hydrogens is 558 g/mol. The van der Waals surface area contributed by atoms with Gasteiger partial charge in [-0.1, -0.05) is 12.1 Å². The second-order valence-corrected chi connectivity index (χ2v) is 11.5. The van der Waals surface area contributed by atoms with Crippen LogP contribution in [0.25, 0.3) is 11.2 Å². The molecule has 0 aliphatic carbocycles. The SMILES string of the molecule is CN(C)C(=O)Cc1cnc2n1C[C@H](c1cccc(F)c1F)CC[C@H]2NC(=O)N1CCC(n2c(=O)[nH]c3ncccc32)CC1. The van der Waals surface area contributed by atoms with Gasteiger partial charge in [0.1, 0.15) is 5.82 Å². The second kappa shape index (κ2) is 11.6. The fraction of sp³-hybridized carbons (Fsp3) is 0.433. The molecule has 0 bridgehead atoms. The number of aromatic amines is 1. The lowest BCUT2D eigenvalue weighted by atomic mass is 9.92. The highest BCUT2D eigenvalue weighted by molar-refractivity contribution is 5.78. The molecule has 1 saturated heterocycles. The smallest absolute Gasteiger partial charge is 0.327 e. The van der Waals surface area contributed by atoms with Crippen molar-refractivity contribution in [2.45, 2.75) is 56.7 Å². The number of carbonyl (C=O) groups is 2. The number of benzene rings is 1. The molecule has 0 saturated carbocycles. The standard InChI is InChI=1S/C30H34F2N8O3/c1-37(2)25(41)15-20-16-34-28-23(9-8-18(17-39(20)28)21-5-3-6-22(31)26(21)32)35-29(42)38-13-10-19(11-14-38)40-24-7-4-12-33-27(24)36-30(40)43/h3-7,12,16,18-19,23H,8-11,13-15,17H2,1-2H3,(H,35,42)(H,33,36,43)/t18-,23-/m1/s1. The van der Waals surface area contributed by atoms with E-state index in [2.05, 4.69) is 20.3 Å². The zero-order valence-corrected chi connectivity index (χ0v) is 24.1. The molecule has 1 aromatic carbocycles. The third-order valence-electron chi connectivity index (χ3n) is 8.64. The van der Waals surface area contributed by atoms with Gasteiger partial charge in [-0.15, -0.1) is 0 Å². The number of urea groups is 1. The van der Waals surface area contributed by atoms with Crippen LogP contribution in [0.4, 0.5) is 13.6 Å². The summed E-state index contributed by atoms with van der Waals surface area (Å²) in [6, 6.07) is 7.01. The predicted molar refractivity (Wildman–Crippen MR) is 154 cm³/mol. The van der Waals surface area contributed by atoms with Crippen LogP contribution in [0, 0.1) is 11.6 Å². The molecule has 0 radical (unpaired) electrons. The Balaban J connectivity index is 1.20. The van der Waals surface area contributed by atoms with E-state index in [1.54, 1.807) is 48.1 Å². The van der Waals surface area contributed by atoms with E-state index >= 15 is 0 Å². The van der Waals surface area contributed by atoms with Gasteiger partial charge in [-0.2, -0.15) is 0 Å². The lowest BCUT2D eigenvalue weighted by Gasteiger charge is -2.33. The molecule has 43 heavy (non-hydrogen) atoms. The number of likely N-dealkylation sites (N-methyl/N-ethyl adjacent to an activating group) is 1. The van der Waals surface area contributed by atoms with Crippen LogP contribution in [0.5, 0.6) is 0 Å². The minimum absolute atomic E-state index is 0.0648. The van der Waals surface area contributed by atoms with Gasteiger partial charge in [0.2, 0.25) is 5.91 Å². The maximum absolute atomic E-state index is 14.9. The molecule has 3 amide bonds. The van der Waals surface area contributed by atoms with Crippen LogP contribution in [0.15, 0.2) is 47.5 Å². The maximum atomic E-state index is 14.9. The van der Waals surface area contributed by atoms with E-state index in [4.69, 9.17) is 0 Å². The lowest BCUT2D eigenvalue weighted by Crippen LogP contribution is -2.46. The number of aromatic nitrogens is 5. The number of piperidine rings is 1. The summed E-state index contributed by atoms with van der Waals surface area (Å²) >= 11 is 0. The minimum Gasteiger partial charge on any atom is -0.348 e. The van der Waals surface area contributed by atoms with E-state index < -0.39 is 17.7 Å². The average molecular weight is 593 g/mol. The minimum atomic E-state index is -0.907. The number of likely N-dealkylation sites (tertiary alicyclic amines) is 1. The highest BCUT2D eigenvalue weighted by atomic mass is 19.2. The number of halogens is 2. The van der Waals surface area contributed by atoms with Crippen LogP contribution in [0.3, 0.4) is 0 Å². The summed E-state index contributed by atoms with van der Waals surface area (Å²) in [5, 5.41) is 3.12. The van der Waals surface area contributed by atoms with Gasteiger partial charge < -0.3 is 19.7 Å². The molecular formula is C30H34F2N8O3. The van der Waals surface area contributed by atoms with Gasteiger partial charge in [0, 0.05) is 63.8 Å². The number of imidazole rings is 2. The van der Waals surface area contributed by atoms with E-state index in [0.717, 1.165) is 11.6 Å².